The Hall–Kier alpha value is -2.44. The highest BCUT2D eigenvalue weighted by atomic mass is 32.2. The molecule has 0 aliphatic heterocycles. The Kier molecular flexibility index (Phi) is 5.79. The second-order valence-electron chi connectivity index (χ2n) is 7.79. The zero-order chi connectivity index (χ0) is 22.2. The van der Waals surface area contributed by atoms with Gasteiger partial charge < -0.3 is 5.32 Å². The standard InChI is InChI=1S/C19H25N5O5S2/c1-30(26,27)29-11-10-24-9-8-17(22-24)31(20,28)23-19(25)21-18-15-6-2-4-13(15)12-14-5-3-7-16(14)18/h8-9,12H,2-7,10-11H2,1H3,(H3,20,21,23,25,28). The summed E-state index contributed by atoms with van der Waals surface area (Å²) in [5, 5.41) is 6.75. The first-order valence-electron chi connectivity index (χ1n) is 10.0. The first kappa shape index (κ1) is 21.8. The zero-order valence-corrected chi connectivity index (χ0v) is 18.8. The summed E-state index contributed by atoms with van der Waals surface area (Å²) in [7, 11) is -7.26. The van der Waals surface area contributed by atoms with Gasteiger partial charge in [-0.1, -0.05) is 6.07 Å². The van der Waals surface area contributed by atoms with E-state index in [1.165, 1.54) is 28.1 Å². The summed E-state index contributed by atoms with van der Waals surface area (Å²) in [5.41, 5.74) is 5.61. The predicted octanol–water partition coefficient (Wildman–Crippen LogP) is 1.98. The van der Waals surface area contributed by atoms with Crippen molar-refractivity contribution in [1.82, 2.24) is 14.5 Å². The molecule has 10 nitrogen and oxygen atoms in total. The Morgan fingerprint density at radius 3 is 2.42 bits per heavy atom. The number of anilines is 1. The third kappa shape index (κ3) is 4.91. The van der Waals surface area contributed by atoms with Gasteiger partial charge in [0, 0.05) is 11.9 Å². The van der Waals surface area contributed by atoms with Crippen molar-refractivity contribution < 1.29 is 21.6 Å². The molecule has 1 aromatic heterocycles. The van der Waals surface area contributed by atoms with E-state index < -0.39 is 26.1 Å². The van der Waals surface area contributed by atoms with Gasteiger partial charge in [0.25, 0.3) is 10.1 Å². The summed E-state index contributed by atoms with van der Waals surface area (Å²) in [4.78, 5) is 12.6. The van der Waals surface area contributed by atoms with E-state index in [-0.39, 0.29) is 18.2 Å². The van der Waals surface area contributed by atoms with E-state index in [0.29, 0.717) is 0 Å². The fourth-order valence-corrected chi connectivity index (χ4v) is 5.46. The average molecular weight is 468 g/mol. The van der Waals surface area contributed by atoms with Gasteiger partial charge in [0.2, 0.25) is 0 Å². The van der Waals surface area contributed by atoms with Crippen LogP contribution in [0.3, 0.4) is 0 Å². The number of carbonyl (C=O) groups is 1. The van der Waals surface area contributed by atoms with Gasteiger partial charge in [-0.3, -0.25) is 8.86 Å². The van der Waals surface area contributed by atoms with Crippen molar-refractivity contribution in [3.8, 4) is 0 Å². The van der Waals surface area contributed by atoms with Crippen LogP contribution < -0.4 is 10.0 Å². The van der Waals surface area contributed by atoms with Crippen molar-refractivity contribution in [2.24, 2.45) is 0 Å². The number of hydrogen-bond acceptors (Lipinski definition) is 7. The molecule has 2 aliphatic carbocycles. The van der Waals surface area contributed by atoms with Crippen molar-refractivity contribution in [1.29, 1.82) is 4.78 Å². The smallest absolute Gasteiger partial charge is 0.307 e. The molecule has 2 amide bonds. The summed E-state index contributed by atoms with van der Waals surface area (Å²) in [6.45, 7) is -0.0473. The number of benzene rings is 1. The van der Waals surface area contributed by atoms with E-state index in [1.807, 2.05) is 0 Å². The lowest BCUT2D eigenvalue weighted by Gasteiger charge is -2.17. The van der Waals surface area contributed by atoms with Crippen LogP contribution in [0.2, 0.25) is 0 Å². The molecule has 0 saturated carbocycles. The summed E-state index contributed by atoms with van der Waals surface area (Å²) < 4.78 is 51.1. The second-order valence-corrected chi connectivity index (χ2v) is 11.2. The summed E-state index contributed by atoms with van der Waals surface area (Å²) in [5.74, 6) is 0. The lowest BCUT2D eigenvalue weighted by molar-refractivity contribution is 0.256. The molecule has 2 aliphatic rings. The number of nitrogens with one attached hydrogen (secondary N) is 3. The quantitative estimate of drug-likeness (QED) is 0.531. The Balaban J connectivity index is 1.45. The number of hydrogen-bond donors (Lipinski definition) is 3. The van der Waals surface area contributed by atoms with Gasteiger partial charge >= 0.3 is 6.03 Å². The fraction of sp³-hybridized carbons (Fsp3) is 0.474. The zero-order valence-electron chi connectivity index (χ0n) is 17.1. The van der Waals surface area contributed by atoms with Crippen molar-refractivity contribution >= 4 is 31.8 Å². The molecule has 1 aromatic carbocycles. The van der Waals surface area contributed by atoms with Crippen LogP contribution in [0.4, 0.5) is 10.5 Å². The average Bonchev–Trinajstić information content (AvgIpc) is 3.40. The van der Waals surface area contributed by atoms with Gasteiger partial charge in [0.15, 0.2) is 14.9 Å². The summed E-state index contributed by atoms with van der Waals surface area (Å²) in [6.07, 6.45) is 8.27. The molecule has 1 unspecified atom stereocenters. The van der Waals surface area contributed by atoms with E-state index >= 15 is 0 Å². The second kappa shape index (κ2) is 8.24. The van der Waals surface area contributed by atoms with Crippen LogP contribution in [0, 0.1) is 4.78 Å². The molecule has 0 saturated heterocycles. The van der Waals surface area contributed by atoms with Gasteiger partial charge in [-0.2, -0.15) is 13.5 Å². The van der Waals surface area contributed by atoms with Crippen molar-refractivity contribution in [3.63, 3.8) is 0 Å². The van der Waals surface area contributed by atoms with E-state index in [4.69, 9.17) is 4.78 Å². The molecule has 0 radical (unpaired) electrons. The molecular weight excluding hydrogens is 442 g/mol. The molecule has 0 bridgehead atoms. The maximum atomic E-state index is 12.8. The highest BCUT2D eigenvalue weighted by molar-refractivity contribution is 7.91. The molecule has 0 fully saturated rings. The summed E-state index contributed by atoms with van der Waals surface area (Å²) in [6, 6.07) is 2.90. The maximum absolute atomic E-state index is 12.8. The number of rotatable bonds is 7. The largest absolute Gasteiger partial charge is 0.332 e. The fourth-order valence-electron chi connectivity index (χ4n) is 4.19. The first-order chi connectivity index (χ1) is 14.6. The minimum Gasteiger partial charge on any atom is -0.307 e. The highest BCUT2D eigenvalue weighted by Crippen LogP contribution is 2.38. The number of carbonyl (C=O) groups excluding carboxylic acids is 1. The van der Waals surface area contributed by atoms with E-state index in [9.17, 15) is 17.4 Å². The third-order valence-electron chi connectivity index (χ3n) is 5.48. The van der Waals surface area contributed by atoms with Crippen LogP contribution in [0.25, 0.3) is 0 Å². The van der Waals surface area contributed by atoms with Gasteiger partial charge in [0.1, 0.15) is 0 Å². The Morgan fingerprint density at radius 1 is 1.16 bits per heavy atom. The van der Waals surface area contributed by atoms with Crippen LogP contribution in [-0.4, -0.2) is 41.3 Å². The maximum Gasteiger partial charge on any atom is 0.332 e. The highest BCUT2D eigenvalue weighted by Gasteiger charge is 2.26. The van der Waals surface area contributed by atoms with E-state index in [1.54, 1.807) is 0 Å². The van der Waals surface area contributed by atoms with Crippen LogP contribution in [0.5, 0.6) is 0 Å². The topological polar surface area (TPSA) is 143 Å². The number of urea groups is 1. The number of aryl methyl sites for hydroxylation is 2. The Morgan fingerprint density at radius 2 is 1.81 bits per heavy atom. The molecule has 31 heavy (non-hydrogen) atoms. The molecular formula is C19H25N5O5S2. The van der Waals surface area contributed by atoms with Gasteiger partial charge in [-0.05, 0) is 66.8 Å². The molecule has 1 heterocycles. The SMILES string of the molecule is CS(=O)(=O)OCCn1ccc(S(=N)(=O)NC(=O)Nc2c3c(cc4c2CCC4)CCC3)n1. The monoisotopic (exact) mass is 467 g/mol. The van der Waals surface area contributed by atoms with Gasteiger partial charge in [-0.25, -0.2) is 18.5 Å². The van der Waals surface area contributed by atoms with E-state index in [0.717, 1.165) is 61.6 Å². The molecule has 168 valence electrons. The van der Waals surface area contributed by atoms with E-state index in [2.05, 4.69) is 25.4 Å². The number of nitrogens with zero attached hydrogens (tertiary/aromatic N) is 2. The normalized spacial score (nSPS) is 17.1. The lowest BCUT2D eigenvalue weighted by atomic mass is 9.99. The first-order valence-corrected chi connectivity index (χ1v) is 13.4. The minimum absolute atomic E-state index is 0.0943. The molecule has 0 spiro atoms. The van der Waals surface area contributed by atoms with Crippen molar-refractivity contribution in [3.05, 3.63) is 40.6 Å². The van der Waals surface area contributed by atoms with Gasteiger partial charge in [0.05, 0.1) is 19.4 Å². The Bertz CT molecular complexity index is 1200. The summed E-state index contributed by atoms with van der Waals surface area (Å²) >= 11 is 0. The molecule has 12 heteroatoms. The number of amides is 2. The number of aromatic nitrogens is 2. The van der Waals surface area contributed by atoms with Crippen molar-refractivity contribution in [2.75, 3.05) is 18.2 Å². The van der Waals surface area contributed by atoms with Crippen LogP contribution in [0.15, 0.2) is 23.4 Å². The van der Waals surface area contributed by atoms with Crippen LogP contribution >= 0.6 is 0 Å². The molecule has 2 aromatic rings. The third-order valence-corrected chi connectivity index (χ3v) is 7.35. The molecule has 1 atom stereocenters. The van der Waals surface area contributed by atoms with Crippen LogP contribution in [0.1, 0.15) is 35.1 Å². The predicted molar refractivity (Wildman–Crippen MR) is 115 cm³/mol. The van der Waals surface area contributed by atoms with Crippen molar-refractivity contribution in [2.45, 2.75) is 50.1 Å². The van der Waals surface area contributed by atoms with Gasteiger partial charge in [-0.15, -0.1) is 0 Å². The molecule has 3 N–H and O–H groups in total. The Labute approximate surface area is 181 Å². The number of fused-ring (bicyclic) bond motifs is 2. The van der Waals surface area contributed by atoms with Crippen LogP contribution in [-0.2, 0) is 56.4 Å². The lowest BCUT2D eigenvalue weighted by Crippen LogP contribution is -2.34. The minimum atomic E-state index is -3.69. The molecule has 4 rings (SSSR count).